The van der Waals surface area contributed by atoms with E-state index in [0.717, 1.165) is 10.9 Å². The Morgan fingerprint density at radius 2 is 2.17 bits per heavy atom. The summed E-state index contributed by atoms with van der Waals surface area (Å²) >= 11 is 0. The van der Waals surface area contributed by atoms with E-state index in [9.17, 15) is 4.79 Å². The van der Waals surface area contributed by atoms with Crippen molar-refractivity contribution in [3.05, 3.63) is 42.1 Å². The largest absolute Gasteiger partial charge is 0.326 e. The van der Waals surface area contributed by atoms with Crippen molar-refractivity contribution in [2.45, 2.75) is 6.92 Å². The summed E-state index contributed by atoms with van der Waals surface area (Å²) in [5.74, 6) is -0.127. The Morgan fingerprint density at radius 3 is 2.89 bits per heavy atom. The maximum atomic E-state index is 12.3. The number of rotatable bonds is 3. The first-order valence-corrected chi connectivity index (χ1v) is 5.78. The van der Waals surface area contributed by atoms with Crippen LogP contribution in [0.3, 0.4) is 0 Å². The molecule has 18 heavy (non-hydrogen) atoms. The zero-order valence-electron chi connectivity index (χ0n) is 10.1. The molecule has 0 aliphatic rings. The van der Waals surface area contributed by atoms with E-state index in [1.165, 1.54) is 4.90 Å². The Bertz CT molecular complexity index is 610. The number of hydrogen-bond donors (Lipinski definition) is 0. The van der Waals surface area contributed by atoms with Gasteiger partial charge in [0.05, 0.1) is 17.1 Å². The van der Waals surface area contributed by atoms with Gasteiger partial charge >= 0.3 is 0 Å². The fraction of sp³-hybridized carbons (Fsp3) is 0.214. The van der Waals surface area contributed by atoms with Gasteiger partial charge in [0, 0.05) is 18.1 Å². The Balaban J connectivity index is 2.48. The molecule has 2 aromatic rings. The van der Waals surface area contributed by atoms with Crippen LogP contribution in [0.2, 0.25) is 0 Å². The third kappa shape index (κ3) is 2.16. The van der Waals surface area contributed by atoms with Crippen LogP contribution in [-0.4, -0.2) is 28.9 Å². The predicted molar refractivity (Wildman–Crippen MR) is 68.9 cm³/mol. The van der Waals surface area contributed by atoms with Crippen LogP contribution in [0.1, 0.15) is 17.3 Å². The average molecular weight is 239 g/mol. The zero-order chi connectivity index (χ0) is 13.0. The lowest BCUT2D eigenvalue weighted by molar-refractivity contribution is 0.0786. The van der Waals surface area contributed by atoms with Crippen molar-refractivity contribution < 1.29 is 4.79 Å². The maximum Gasteiger partial charge on any atom is 0.255 e. The molecular weight excluding hydrogens is 226 g/mol. The predicted octanol–water partition coefficient (Wildman–Crippen LogP) is 2.22. The van der Waals surface area contributed by atoms with Gasteiger partial charge in [-0.3, -0.25) is 9.78 Å². The van der Waals surface area contributed by atoms with E-state index in [1.807, 2.05) is 37.3 Å². The Kier molecular flexibility index (Phi) is 3.54. The molecule has 0 unspecified atom stereocenters. The van der Waals surface area contributed by atoms with E-state index in [2.05, 4.69) is 4.98 Å². The van der Waals surface area contributed by atoms with E-state index in [4.69, 9.17) is 5.26 Å². The summed E-state index contributed by atoms with van der Waals surface area (Å²) < 4.78 is 0. The van der Waals surface area contributed by atoms with Crippen LogP contribution in [0.5, 0.6) is 0 Å². The quantitative estimate of drug-likeness (QED) is 0.772. The molecule has 0 spiro atoms. The van der Waals surface area contributed by atoms with Gasteiger partial charge in [-0.25, -0.2) is 0 Å². The van der Waals surface area contributed by atoms with Crippen LogP contribution in [0.4, 0.5) is 0 Å². The summed E-state index contributed by atoms with van der Waals surface area (Å²) in [4.78, 5) is 18.1. The Hall–Kier alpha value is -2.41. The molecule has 0 aliphatic carbocycles. The minimum absolute atomic E-state index is 0.103. The smallest absolute Gasteiger partial charge is 0.255 e. The number of benzene rings is 1. The molecule has 1 amide bonds. The number of nitriles is 1. The lowest BCUT2D eigenvalue weighted by Crippen LogP contribution is -2.31. The molecule has 0 bridgehead atoms. The highest BCUT2D eigenvalue weighted by molar-refractivity contribution is 6.06. The van der Waals surface area contributed by atoms with E-state index < -0.39 is 0 Å². The second kappa shape index (κ2) is 5.28. The highest BCUT2D eigenvalue weighted by Gasteiger charge is 2.16. The molecule has 1 heterocycles. The van der Waals surface area contributed by atoms with Crippen LogP contribution >= 0.6 is 0 Å². The lowest BCUT2D eigenvalue weighted by Gasteiger charge is -2.18. The molecular formula is C14H13N3O. The molecule has 0 saturated heterocycles. The molecule has 4 nitrogen and oxygen atoms in total. The van der Waals surface area contributed by atoms with Crippen molar-refractivity contribution in [2.24, 2.45) is 0 Å². The number of aromatic nitrogens is 1. The SMILES string of the molecule is CCN(CC#N)C(=O)c1ccnc2ccccc12. The summed E-state index contributed by atoms with van der Waals surface area (Å²) in [6.07, 6.45) is 1.62. The fourth-order valence-electron chi connectivity index (χ4n) is 1.87. The second-order valence-corrected chi connectivity index (χ2v) is 3.85. The molecule has 90 valence electrons. The van der Waals surface area contributed by atoms with E-state index in [-0.39, 0.29) is 12.5 Å². The van der Waals surface area contributed by atoms with Crippen molar-refractivity contribution in [1.82, 2.24) is 9.88 Å². The molecule has 0 atom stereocenters. The maximum absolute atomic E-state index is 12.3. The van der Waals surface area contributed by atoms with Gasteiger partial charge in [-0.15, -0.1) is 0 Å². The number of pyridine rings is 1. The van der Waals surface area contributed by atoms with E-state index in [0.29, 0.717) is 12.1 Å². The number of para-hydroxylation sites is 1. The molecule has 0 N–H and O–H groups in total. The molecule has 2 rings (SSSR count). The van der Waals surface area contributed by atoms with Crippen LogP contribution in [0.25, 0.3) is 10.9 Å². The van der Waals surface area contributed by atoms with Gasteiger partial charge in [0.2, 0.25) is 0 Å². The molecule has 1 aromatic heterocycles. The second-order valence-electron chi connectivity index (χ2n) is 3.85. The van der Waals surface area contributed by atoms with Crippen molar-refractivity contribution in [1.29, 1.82) is 5.26 Å². The standard InChI is InChI=1S/C14H13N3O/c1-2-17(10-8-15)14(18)12-7-9-16-13-6-4-3-5-11(12)13/h3-7,9H,2,10H2,1H3. The summed E-state index contributed by atoms with van der Waals surface area (Å²) in [5, 5.41) is 9.54. The fourth-order valence-corrected chi connectivity index (χ4v) is 1.87. The number of nitrogens with zero attached hydrogens (tertiary/aromatic N) is 3. The molecule has 4 heteroatoms. The monoisotopic (exact) mass is 239 g/mol. The highest BCUT2D eigenvalue weighted by atomic mass is 16.2. The first-order valence-electron chi connectivity index (χ1n) is 5.78. The zero-order valence-corrected chi connectivity index (χ0v) is 10.1. The first-order chi connectivity index (χ1) is 8.77. The molecule has 0 aliphatic heterocycles. The third-order valence-corrected chi connectivity index (χ3v) is 2.81. The third-order valence-electron chi connectivity index (χ3n) is 2.81. The Morgan fingerprint density at radius 1 is 1.39 bits per heavy atom. The molecule has 0 saturated carbocycles. The van der Waals surface area contributed by atoms with Gasteiger partial charge in [-0.1, -0.05) is 18.2 Å². The van der Waals surface area contributed by atoms with E-state index in [1.54, 1.807) is 12.3 Å². The van der Waals surface area contributed by atoms with Crippen LogP contribution in [-0.2, 0) is 0 Å². The van der Waals surface area contributed by atoms with Gasteiger partial charge in [0.15, 0.2) is 0 Å². The van der Waals surface area contributed by atoms with Gasteiger partial charge in [0.25, 0.3) is 5.91 Å². The topological polar surface area (TPSA) is 57.0 Å². The summed E-state index contributed by atoms with van der Waals surface area (Å²) in [7, 11) is 0. The van der Waals surface area contributed by atoms with Crippen molar-refractivity contribution in [3.63, 3.8) is 0 Å². The van der Waals surface area contributed by atoms with Crippen molar-refractivity contribution in [2.75, 3.05) is 13.1 Å². The van der Waals surface area contributed by atoms with Gasteiger partial charge < -0.3 is 4.90 Å². The summed E-state index contributed by atoms with van der Waals surface area (Å²) in [6.45, 7) is 2.48. The Labute approximate surface area is 105 Å². The summed E-state index contributed by atoms with van der Waals surface area (Å²) in [5.41, 5.74) is 1.38. The average Bonchev–Trinajstić information content (AvgIpc) is 2.43. The molecule has 0 fully saturated rings. The number of hydrogen-bond acceptors (Lipinski definition) is 3. The van der Waals surface area contributed by atoms with Gasteiger partial charge in [-0.05, 0) is 19.1 Å². The number of amides is 1. The molecule has 0 radical (unpaired) electrons. The van der Waals surface area contributed by atoms with Gasteiger partial charge in [0.1, 0.15) is 6.54 Å². The number of carbonyl (C=O) groups is 1. The van der Waals surface area contributed by atoms with E-state index >= 15 is 0 Å². The van der Waals surface area contributed by atoms with Crippen molar-refractivity contribution in [3.8, 4) is 6.07 Å². The van der Waals surface area contributed by atoms with Crippen LogP contribution in [0, 0.1) is 11.3 Å². The normalized spacial score (nSPS) is 10.0. The highest BCUT2D eigenvalue weighted by Crippen LogP contribution is 2.17. The van der Waals surface area contributed by atoms with Crippen LogP contribution < -0.4 is 0 Å². The van der Waals surface area contributed by atoms with Crippen LogP contribution in [0.15, 0.2) is 36.5 Å². The minimum Gasteiger partial charge on any atom is -0.326 e. The number of carbonyl (C=O) groups excluding carboxylic acids is 1. The summed E-state index contributed by atoms with van der Waals surface area (Å²) in [6, 6.07) is 11.2. The number of fused-ring (bicyclic) bond motifs is 1. The van der Waals surface area contributed by atoms with Gasteiger partial charge in [-0.2, -0.15) is 5.26 Å². The van der Waals surface area contributed by atoms with Crippen molar-refractivity contribution >= 4 is 16.8 Å². The molecule has 1 aromatic carbocycles. The lowest BCUT2D eigenvalue weighted by atomic mass is 10.1. The first kappa shape index (κ1) is 12.1. The minimum atomic E-state index is -0.127.